The minimum absolute atomic E-state index is 0.756. The van der Waals surface area contributed by atoms with Gasteiger partial charge in [-0.25, -0.2) is 11.0 Å². The summed E-state index contributed by atoms with van der Waals surface area (Å²) in [5.74, 6) is -1.69. The van der Waals surface area contributed by atoms with Gasteiger partial charge in [0.05, 0.1) is 0 Å². The lowest BCUT2D eigenvalue weighted by Crippen LogP contribution is -2.19. The summed E-state index contributed by atoms with van der Waals surface area (Å²) in [5.41, 5.74) is 2.51. The molecule has 0 unspecified atom stereocenters. The van der Waals surface area contributed by atoms with Crippen LogP contribution in [0.3, 0.4) is 0 Å². The molecule has 0 aromatic heterocycles. The van der Waals surface area contributed by atoms with E-state index < -0.39 is 11.8 Å². The SMILES string of the molecule is O=C(/C=C\C(=O)NO)NO. The lowest BCUT2D eigenvalue weighted by molar-refractivity contribution is -0.126. The lowest BCUT2D eigenvalue weighted by atomic mass is 10.5. The van der Waals surface area contributed by atoms with Crippen molar-refractivity contribution in [3.63, 3.8) is 0 Å². The molecule has 0 spiro atoms. The number of carbonyl (C=O) groups excluding carboxylic acids is 2. The van der Waals surface area contributed by atoms with Gasteiger partial charge in [0.15, 0.2) is 0 Å². The smallest absolute Gasteiger partial charge is 0.267 e. The second-order valence-electron chi connectivity index (χ2n) is 1.29. The maximum absolute atomic E-state index is 10.1. The minimum Gasteiger partial charge on any atom is -0.288 e. The zero-order valence-corrected chi connectivity index (χ0v) is 4.87. The van der Waals surface area contributed by atoms with E-state index in [0.717, 1.165) is 12.2 Å². The molecule has 4 N–H and O–H groups in total. The van der Waals surface area contributed by atoms with Crippen molar-refractivity contribution in [1.29, 1.82) is 0 Å². The topological polar surface area (TPSA) is 98.7 Å². The van der Waals surface area contributed by atoms with Crippen molar-refractivity contribution in [3.05, 3.63) is 12.2 Å². The van der Waals surface area contributed by atoms with Crippen LogP contribution in [0.25, 0.3) is 0 Å². The van der Waals surface area contributed by atoms with Crippen LogP contribution in [-0.4, -0.2) is 22.2 Å². The van der Waals surface area contributed by atoms with Gasteiger partial charge >= 0.3 is 0 Å². The molecule has 0 saturated heterocycles. The first-order valence-electron chi connectivity index (χ1n) is 2.27. The number of amides is 2. The van der Waals surface area contributed by atoms with Crippen LogP contribution >= 0.6 is 0 Å². The first-order valence-corrected chi connectivity index (χ1v) is 2.27. The van der Waals surface area contributed by atoms with Crippen molar-refractivity contribution in [2.45, 2.75) is 0 Å². The number of hydrogen-bond donors (Lipinski definition) is 4. The highest BCUT2D eigenvalue weighted by Crippen LogP contribution is 1.71. The predicted octanol–water partition coefficient (Wildman–Crippen LogP) is -1.45. The molecule has 0 heterocycles. The van der Waals surface area contributed by atoms with Gasteiger partial charge in [-0.3, -0.25) is 20.0 Å². The summed E-state index contributed by atoms with van der Waals surface area (Å²) >= 11 is 0. The van der Waals surface area contributed by atoms with E-state index in [-0.39, 0.29) is 0 Å². The normalized spacial score (nSPS) is 9.40. The fraction of sp³-hybridized carbons (Fsp3) is 0. The molecule has 56 valence electrons. The Morgan fingerprint density at radius 3 is 1.50 bits per heavy atom. The molecular formula is C4H6N2O4. The molecule has 0 bridgehead atoms. The average molecular weight is 146 g/mol. The summed E-state index contributed by atoms with van der Waals surface area (Å²) < 4.78 is 0. The van der Waals surface area contributed by atoms with Crippen molar-refractivity contribution in [1.82, 2.24) is 11.0 Å². The van der Waals surface area contributed by atoms with Crippen molar-refractivity contribution < 1.29 is 20.0 Å². The van der Waals surface area contributed by atoms with Crippen molar-refractivity contribution in [2.75, 3.05) is 0 Å². The molecule has 0 aliphatic carbocycles. The number of nitrogens with one attached hydrogen (secondary N) is 2. The standard InChI is InChI=1S/C4H6N2O4/c7-3(5-9)1-2-4(8)6-10/h1-2,9-10H,(H,5,7)(H,6,8)/b2-1-. The van der Waals surface area contributed by atoms with E-state index in [1.807, 2.05) is 0 Å². The van der Waals surface area contributed by atoms with Crippen molar-refractivity contribution in [2.24, 2.45) is 0 Å². The number of hydrogen-bond acceptors (Lipinski definition) is 4. The Morgan fingerprint density at radius 1 is 1.00 bits per heavy atom. The fourth-order valence-corrected chi connectivity index (χ4v) is 0.226. The van der Waals surface area contributed by atoms with E-state index in [1.165, 1.54) is 11.0 Å². The van der Waals surface area contributed by atoms with Crippen LogP contribution in [0.15, 0.2) is 12.2 Å². The molecule has 2 amide bonds. The number of hydroxylamine groups is 2. The Balaban J connectivity index is 3.75. The number of carbonyl (C=O) groups is 2. The zero-order chi connectivity index (χ0) is 7.98. The molecule has 0 rings (SSSR count). The molecule has 6 nitrogen and oxygen atoms in total. The van der Waals surface area contributed by atoms with Crippen molar-refractivity contribution >= 4 is 11.8 Å². The van der Waals surface area contributed by atoms with Gasteiger partial charge in [0.1, 0.15) is 0 Å². The third kappa shape index (κ3) is 3.58. The third-order valence-corrected chi connectivity index (χ3v) is 0.606. The van der Waals surface area contributed by atoms with E-state index in [9.17, 15) is 9.59 Å². The molecule has 0 fully saturated rings. The molecule has 0 saturated carbocycles. The van der Waals surface area contributed by atoms with Gasteiger partial charge in [0.25, 0.3) is 11.8 Å². The summed E-state index contributed by atoms with van der Waals surface area (Å²) in [5, 5.41) is 15.8. The van der Waals surface area contributed by atoms with Gasteiger partial charge < -0.3 is 0 Å². The van der Waals surface area contributed by atoms with E-state index in [4.69, 9.17) is 10.4 Å². The van der Waals surface area contributed by atoms with Gasteiger partial charge in [0.2, 0.25) is 0 Å². The van der Waals surface area contributed by atoms with Gasteiger partial charge in [-0.05, 0) is 0 Å². The number of rotatable bonds is 2. The minimum atomic E-state index is -0.844. The highest BCUT2D eigenvalue weighted by atomic mass is 16.5. The summed E-state index contributed by atoms with van der Waals surface area (Å²) in [6.07, 6.45) is 1.51. The molecule has 0 aliphatic heterocycles. The van der Waals surface area contributed by atoms with Crippen LogP contribution < -0.4 is 11.0 Å². The maximum atomic E-state index is 10.1. The van der Waals surface area contributed by atoms with E-state index >= 15 is 0 Å². The highest BCUT2D eigenvalue weighted by Gasteiger charge is 1.92. The second kappa shape index (κ2) is 4.48. The van der Waals surface area contributed by atoms with Gasteiger partial charge in [0, 0.05) is 12.2 Å². The van der Waals surface area contributed by atoms with E-state index in [0.29, 0.717) is 0 Å². The Labute approximate surface area is 56.1 Å². The Bertz CT molecular complexity index is 147. The van der Waals surface area contributed by atoms with Crippen molar-refractivity contribution in [3.8, 4) is 0 Å². The molecule has 0 aromatic carbocycles. The Morgan fingerprint density at radius 2 is 1.30 bits per heavy atom. The summed E-state index contributed by atoms with van der Waals surface area (Å²) in [7, 11) is 0. The summed E-state index contributed by atoms with van der Waals surface area (Å²) in [6, 6.07) is 0. The predicted molar refractivity (Wildman–Crippen MR) is 29.0 cm³/mol. The summed E-state index contributed by atoms with van der Waals surface area (Å²) in [6.45, 7) is 0. The maximum Gasteiger partial charge on any atom is 0.267 e. The van der Waals surface area contributed by atoms with Crippen LogP contribution in [0.4, 0.5) is 0 Å². The van der Waals surface area contributed by atoms with Gasteiger partial charge in [-0.15, -0.1) is 0 Å². The molecule has 0 atom stereocenters. The highest BCUT2D eigenvalue weighted by molar-refractivity contribution is 5.95. The fourth-order valence-electron chi connectivity index (χ4n) is 0.226. The Hall–Kier alpha value is -1.40. The van der Waals surface area contributed by atoms with E-state index in [2.05, 4.69) is 0 Å². The van der Waals surface area contributed by atoms with Gasteiger partial charge in [-0.2, -0.15) is 0 Å². The quantitative estimate of drug-likeness (QED) is 0.217. The van der Waals surface area contributed by atoms with E-state index in [1.54, 1.807) is 0 Å². The lowest BCUT2D eigenvalue weighted by Gasteiger charge is -1.88. The third-order valence-electron chi connectivity index (χ3n) is 0.606. The first kappa shape index (κ1) is 8.60. The van der Waals surface area contributed by atoms with Crippen LogP contribution in [0.5, 0.6) is 0 Å². The largest absolute Gasteiger partial charge is 0.288 e. The van der Waals surface area contributed by atoms with Gasteiger partial charge in [-0.1, -0.05) is 0 Å². The van der Waals surface area contributed by atoms with Crippen LogP contribution in [0.2, 0.25) is 0 Å². The molecule has 0 radical (unpaired) electrons. The zero-order valence-electron chi connectivity index (χ0n) is 4.87. The van der Waals surface area contributed by atoms with Crippen LogP contribution in [-0.2, 0) is 9.59 Å². The molecule has 0 aliphatic rings. The molecule has 10 heavy (non-hydrogen) atoms. The molecular weight excluding hydrogens is 140 g/mol. The monoisotopic (exact) mass is 146 g/mol. The summed E-state index contributed by atoms with van der Waals surface area (Å²) in [4.78, 5) is 20.2. The second-order valence-corrected chi connectivity index (χ2v) is 1.29. The van der Waals surface area contributed by atoms with Crippen LogP contribution in [0.1, 0.15) is 0 Å². The molecule has 0 aromatic rings. The Kier molecular flexibility index (Phi) is 3.85. The first-order chi connectivity index (χ1) is 4.70. The molecule has 6 heteroatoms. The average Bonchev–Trinajstić information content (AvgIpc) is 1.99. The van der Waals surface area contributed by atoms with Crippen LogP contribution in [0, 0.1) is 0 Å².